The minimum Gasteiger partial charge on any atom is -0.461 e. The van der Waals surface area contributed by atoms with Crippen molar-refractivity contribution in [2.45, 2.75) is 57.0 Å². The molecule has 2 unspecified atom stereocenters. The largest absolute Gasteiger partial charge is 0.461 e. The van der Waals surface area contributed by atoms with Crippen LogP contribution in [0.3, 0.4) is 0 Å². The molecule has 0 spiro atoms. The van der Waals surface area contributed by atoms with Gasteiger partial charge in [0.1, 0.15) is 24.4 Å². The van der Waals surface area contributed by atoms with Gasteiger partial charge in [-0.3, -0.25) is 4.79 Å². The third-order valence-electron chi connectivity index (χ3n) is 5.58. The zero-order valence-electron chi connectivity index (χ0n) is 16.6. The van der Waals surface area contributed by atoms with Crippen LogP contribution in [0.1, 0.15) is 33.1 Å². The van der Waals surface area contributed by atoms with E-state index in [1.807, 2.05) is 0 Å². The first kappa shape index (κ1) is 21.3. The number of aliphatic hydroxyl groups is 1. The Morgan fingerprint density at radius 3 is 2.72 bits per heavy atom. The Morgan fingerprint density at radius 2 is 2.10 bits per heavy atom. The van der Waals surface area contributed by atoms with Crippen molar-refractivity contribution in [3.63, 3.8) is 0 Å². The van der Waals surface area contributed by atoms with E-state index in [1.54, 1.807) is 6.08 Å². The van der Waals surface area contributed by atoms with Gasteiger partial charge in [-0.25, -0.2) is 9.59 Å². The van der Waals surface area contributed by atoms with Crippen LogP contribution in [0.2, 0.25) is 0 Å². The van der Waals surface area contributed by atoms with Crippen molar-refractivity contribution < 1.29 is 38.4 Å². The lowest BCUT2D eigenvalue weighted by Gasteiger charge is -2.29. The van der Waals surface area contributed by atoms with Crippen LogP contribution < -0.4 is 0 Å². The normalized spacial score (nSPS) is 35.3. The molecule has 0 amide bonds. The van der Waals surface area contributed by atoms with E-state index in [0.717, 1.165) is 5.57 Å². The molecule has 2 fully saturated rings. The van der Waals surface area contributed by atoms with Crippen molar-refractivity contribution >= 4 is 17.9 Å². The molecule has 0 saturated carbocycles. The van der Waals surface area contributed by atoms with E-state index in [4.69, 9.17) is 18.9 Å². The fourth-order valence-corrected chi connectivity index (χ4v) is 3.90. The number of aliphatic hydroxyl groups excluding tert-OH is 1. The first-order valence-corrected chi connectivity index (χ1v) is 9.54. The zero-order chi connectivity index (χ0) is 21.3. The summed E-state index contributed by atoms with van der Waals surface area (Å²) in [5.41, 5.74) is 0.294. The van der Waals surface area contributed by atoms with Crippen molar-refractivity contribution in [2.75, 3.05) is 13.2 Å². The summed E-state index contributed by atoms with van der Waals surface area (Å²) in [6.07, 6.45) is 1.31. The molecular formula is C21H26O8. The van der Waals surface area contributed by atoms with Gasteiger partial charge in [0.25, 0.3) is 0 Å². The van der Waals surface area contributed by atoms with Gasteiger partial charge in [-0.1, -0.05) is 13.2 Å². The van der Waals surface area contributed by atoms with Crippen LogP contribution in [0.25, 0.3) is 0 Å². The summed E-state index contributed by atoms with van der Waals surface area (Å²) in [5.74, 6) is -2.25. The average molecular weight is 406 g/mol. The summed E-state index contributed by atoms with van der Waals surface area (Å²) < 4.78 is 22.0. The fourth-order valence-electron chi connectivity index (χ4n) is 3.90. The quantitative estimate of drug-likeness (QED) is 0.240. The maximum absolute atomic E-state index is 12.2. The molecule has 8 nitrogen and oxygen atoms in total. The summed E-state index contributed by atoms with van der Waals surface area (Å²) >= 11 is 0. The molecule has 0 aromatic heterocycles. The average Bonchev–Trinajstić information content (AvgIpc) is 3.28. The molecule has 0 radical (unpaired) electrons. The lowest BCUT2D eigenvalue weighted by atomic mass is 9.82. The number of ether oxygens (including phenoxy) is 4. The molecule has 0 aromatic rings. The van der Waals surface area contributed by atoms with Gasteiger partial charge in [-0.15, -0.1) is 0 Å². The van der Waals surface area contributed by atoms with E-state index in [2.05, 4.69) is 13.2 Å². The fraction of sp³-hybridized carbons (Fsp3) is 0.571. The van der Waals surface area contributed by atoms with Crippen molar-refractivity contribution in [3.8, 4) is 0 Å². The van der Waals surface area contributed by atoms with Gasteiger partial charge in [0, 0.05) is 24.5 Å². The highest BCUT2D eigenvalue weighted by Gasteiger charge is 2.59. The maximum Gasteiger partial charge on any atom is 0.334 e. The second-order valence-electron chi connectivity index (χ2n) is 7.82. The van der Waals surface area contributed by atoms with Crippen molar-refractivity contribution in [1.29, 1.82) is 0 Å². The smallest absolute Gasteiger partial charge is 0.334 e. The number of carbonyl (C=O) groups is 3. The lowest BCUT2D eigenvalue weighted by molar-refractivity contribution is -0.149. The minimum atomic E-state index is -0.861. The predicted octanol–water partition coefficient (Wildman–Crippen LogP) is 1.38. The van der Waals surface area contributed by atoms with Crippen LogP contribution in [0.15, 0.2) is 36.0 Å². The minimum absolute atomic E-state index is 0.0532. The number of fused-ring (bicyclic) bond motifs is 2. The number of epoxide rings is 1. The Balaban J connectivity index is 1.96. The molecule has 0 bridgehead atoms. The molecule has 2 saturated heterocycles. The standard InChI is InChI=1S/C21H26O8/c1-11(2)19(24)28-16-8-21(10-22)17(29-21)6-5-14(9-26-13(4)23)7-15-18(16)12(3)20(25)27-15/h7,15-18,22H,1,3,5-6,8-10H2,2,4H3/b14-7-/t15?,16-,17+,18-,21?/m0/s1. The van der Waals surface area contributed by atoms with Gasteiger partial charge in [0.2, 0.25) is 0 Å². The van der Waals surface area contributed by atoms with Crippen LogP contribution in [0.5, 0.6) is 0 Å². The van der Waals surface area contributed by atoms with Crippen LogP contribution >= 0.6 is 0 Å². The molecule has 2 aliphatic heterocycles. The lowest BCUT2D eigenvalue weighted by Crippen LogP contribution is -2.39. The Bertz CT molecular complexity index is 782. The Morgan fingerprint density at radius 1 is 1.38 bits per heavy atom. The summed E-state index contributed by atoms with van der Waals surface area (Å²) in [7, 11) is 0. The highest BCUT2D eigenvalue weighted by molar-refractivity contribution is 5.91. The summed E-state index contributed by atoms with van der Waals surface area (Å²) in [6.45, 7) is 10.1. The third kappa shape index (κ3) is 4.43. The van der Waals surface area contributed by atoms with Gasteiger partial charge in [-0.05, 0) is 31.4 Å². The van der Waals surface area contributed by atoms with Crippen LogP contribution in [-0.2, 0) is 33.3 Å². The van der Waals surface area contributed by atoms with Gasteiger partial charge in [0.15, 0.2) is 0 Å². The molecule has 0 aromatic carbocycles. The zero-order valence-corrected chi connectivity index (χ0v) is 16.6. The molecular weight excluding hydrogens is 380 g/mol. The first-order valence-electron chi connectivity index (χ1n) is 9.54. The van der Waals surface area contributed by atoms with Crippen LogP contribution in [-0.4, -0.2) is 60.1 Å². The SMILES string of the molecule is C=C(C)C(=O)O[C@H]1CC2(CO)O[C@@H]2CC/C(COC(C)=O)=C/C2OC(=O)C(=C)[C@@H]21. The third-order valence-corrected chi connectivity index (χ3v) is 5.58. The molecule has 3 aliphatic rings. The van der Waals surface area contributed by atoms with E-state index in [1.165, 1.54) is 13.8 Å². The molecule has 3 rings (SSSR count). The molecule has 5 atom stereocenters. The monoisotopic (exact) mass is 406 g/mol. The van der Waals surface area contributed by atoms with Crippen molar-refractivity contribution in [2.24, 2.45) is 5.92 Å². The van der Waals surface area contributed by atoms with Crippen molar-refractivity contribution in [1.82, 2.24) is 0 Å². The molecule has 29 heavy (non-hydrogen) atoms. The maximum atomic E-state index is 12.2. The topological polar surface area (TPSA) is 112 Å². The van der Waals surface area contributed by atoms with E-state index in [9.17, 15) is 19.5 Å². The van der Waals surface area contributed by atoms with Gasteiger partial charge in [-0.2, -0.15) is 0 Å². The molecule has 8 heteroatoms. The Hall–Kier alpha value is -2.45. The van der Waals surface area contributed by atoms with Crippen LogP contribution in [0.4, 0.5) is 0 Å². The number of hydrogen-bond donors (Lipinski definition) is 1. The Kier molecular flexibility index (Phi) is 5.95. The summed E-state index contributed by atoms with van der Waals surface area (Å²) in [4.78, 5) is 35.7. The Labute approximate surface area is 169 Å². The van der Waals surface area contributed by atoms with Crippen molar-refractivity contribution in [3.05, 3.63) is 36.0 Å². The second kappa shape index (κ2) is 8.12. The van der Waals surface area contributed by atoms with Crippen LogP contribution in [0, 0.1) is 5.92 Å². The number of esters is 3. The second-order valence-corrected chi connectivity index (χ2v) is 7.82. The first-order chi connectivity index (χ1) is 13.7. The number of rotatable bonds is 5. The molecule has 158 valence electrons. The number of hydrogen-bond acceptors (Lipinski definition) is 8. The van der Waals surface area contributed by atoms with Gasteiger partial charge < -0.3 is 24.1 Å². The van der Waals surface area contributed by atoms with Gasteiger partial charge >= 0.3 is 17.9 Å². The highest BCUT2D eigenvalue weighted by Crippen LogP contribution is 2.48. The molecule has 2 heterocycles. The number of carbonyl (C=O) groups excluding carboxylic acids is 3. The van der Waals surface area contributed by atoms with E-state index >= 15 is 0 Å². The van der Waals surface area contributed by atoms with E-state index in [0.29, 0.717) is 12.8 Å². The van der Waals surface area contributed by atoms with E-state index in [-0.39, 0.29) is 36.9 Å². The molecule has 1 N–H and O–H groups in total. The van der Waals surface area contributed by atoms with Gasteiger partial charge in [0.05, 0.1) is 18.6 Å². The molecule has 1 aliphatic carbocycles. The summed E-state index contributed by atoms with van der Waals surface area (Å²) in [6, 6.07) is 0. The van der Waals surface area contributed by atoms with E-state index < -0.39 is 41.6 Å². The predicted molar refractivity (Wildman–Crippen MR) is 100 cm³/mol. The highest BCUT2D eigenvalue weighted by atomic mass is 16.6. The summed E-state index contributed by atoms with van der Waals surface area (Å²) in [5, 5.41) is 9.94.